The predicted octanol–water partition coefficient (Wildman–Crippen LogP) is 1.42. The second kappa shape index (κ2) is 3.96. The largest absolute Gasteiger partial charge is 0.383 e. The van der Waals surface area contributed by atoms with E-state index >= 15 is 0 Å². The topological polar surface area (TPSA) is 85.3 Å². The van der Waals surface area contributed by atoms with Gasteiger partial charge in [-0.2, -0.15) is 0 Å². The van der Waals surface area contributed by atoms with E-state index in [2.05, 4.69) is 11.9 Å². The number of hydrogen-bond donors (Lipinski definition) is 1. The van der Waals surface area contributed by atoms with Crippen molar-refractivity contribution in [2.24, 2.45) is 5.92 Å². The Hall–Kier alpha value is -1.85. The molecule has 6 nitrogen and oxygen atoms in total. The third kappa shape index (κ3) is 2.05. The molecule has 1 aromatic heterocycles. The van der Waals surface area contributed by atoms with Gasteiger partial charge in [-0.1, -0.05) is 6.92 Å². The van der Waals surface area contributed by atoms with Crippen molar-refractivity contribution in [3.05, 3.63) is 22.2 Å². The fourth-order valence-electron chi connectivity index (χ4n) is 1.93. The predicted molar refractivity (Wildman–Crippen MR) is 61.3 cm³/mol. The van der Waals surface area contributed by atoms with Crippen LogP contribution in [-0.4, -0.2) is 23.0 Å². The van der Waals surface area contributed by atoms with Crippen LogP contribution in [0, 0.1) is 16.0 Å². The second-order valence-corrected chi connectivity index (χ2v) is 4.21. The zero-order valence-electron chi connectivity index (χ0n) is 9.09. The quantitative estimate of drug-likeness (QED) is 0.604. The summed E-state index contributed by atoms with van der Waals surface area (Å²) >= 11 is 0. The number of pyridine rings is 1. The lowest BCUT2D eigenvalue weighted by molar-refractivity contribution is -0.384. The fourth-order valence-corrected chi connectivity index (χ4v) is 1.93. The van der Waals surface area contributed by atoms with Crippen molar-refractivity contribution >= 4 is 17.3 Å². The maximum absolute atomic E-state index is 10.7. The summed E-state index contributed by atoms with van der Waals surface area (Å²) in [5, 5.41) is 10.7. The highest BCUT2D eigenvalue weighted by atomic mass is 16.6. The Morgan fingerprint density at radius 2 is 2.38 bits per heavy atom. The molecule has 0 amide bonds. The first kappa shape index (κ1) is 10.7. The molecule has 0 bridgehead atoms. The van der Waals surface area contributed by atoms with Gasteiger partial charge in [0.15, 0.2) is 0 Å². The molecule has 1 fully saturated rings. The van der Waals surface area contributed by atoms with Gasteiger partial charge < -0.3 is 10.6 Å². The molecule has 1 saturated heterocycles. The maximum Gasteiger partial charge on any atom is 0.276 e. The Kier molecular flexibility index (Phi) is 2.64. The average Bonchev–Trinajstić information content (AvgIpc) is 2.64. The van der Waals surface area contributed by atoms with Crippen LogP contribution in [0.5, 0.6) is 0 Å². The number of aromatic nitrogens is 1. The van der Waals surface area contributed by atoms with E-state index in [1.807, 2.05) is 4.90 Å². The minimum absolute atomic E-state index is 0.00190. The molecule has 2 heterocycles. The molecule has 0 radical (unpaired) electrons. The first-order valence-electron chi connectivity index (χ1n) is 5.23. The number of nitrogens with two attached hydrogens (primary N) is 1. The summed E-state index contributed by atoms with van der Waals surface area (Å²) < 4.78 is 0. The molecule has 1 aliphatic heterocycles. The van der Waals surface area contributed by atoms with Crippen molar-refractivity contribution in [1.82, 2.24) is 4.98 Å². The van der Waals surface area contributed by atoms with Gasteiger partial charge in [0, 0.05) is 13.1 Å². The Labute approximate surface area is 93.2 Å². The minimum Gasteiger partial charge on any atom is -0.383 e. The summed E-state index contributed by atoms with van der Waals surface area (Å²) in [5.74, 6) is 1.40. The van der Waals surface area contributed by atoms with Crippen LogP contribution in [0.2, 0.25) is 0 Å². The summed E-state index contributed by atoms with van der Waals surface area (Å²) in [4.78, 5) is 16.4. The zero-order chi connectivity index (χ0) is 11.7. The van der Waals surface area contributed by atoms with Crippen LogP contribution in [-0.2, 0) is 0 Å². The van der Waals surface area contributed by atoms with Gasteiger partial charge >= 0.3 is 0 Å². The Bertz CT molecular complexity index is 421. The highest BCUT2D eigenvalue weighted by Crippen LogP contribution is 2.26. The number of nitrogen functional groups attached to an aromatic ring is 1. The number of anilines is 2. The number of hydrogen-bond acceptors (Lipinski definition) is 5. The standard InChI is InChI=1S/C10H14N4O2/c1-7-2-3-13(6-7)10-5-8(14(15)16)4-9(11)12-10/h4-5,7H,2-3,6H2,1H3,(H2,11,12). The Morgan fingerprint density at radius 1 is 1.62 bits per heavy atom. The molecule has 86 valence electrons. The normalized spacial score (nSPS) is 20.1. The molecule has 0 spiro atoms. The fraction of sp³-hybridized carbons (Fsp3) is 0.500. The van der Waals surface area contributed by atoms with E-state index in [0.29, 0.717) is 11.7 Å². The van der Waals surface area contributed by atoms with E-state index < -0.39 is 4.92 Å². The number of nitrogens with zero attached hydrogens (tertiary/aromatic N) is 3. The van der Waals surface area contributed by atoms with Crippen LogP contribution in [0.25, 0.3) is 0 Å². The van der Waals surface area contributed by atoms with Gasteiger partial charge in [-0.15, -0.1) is 0 Å². The summed E-state index contributed by atoms with van der Waals surface area (Å²) in [6.45, 7) is 3.92. The third-order valence-electron chi connectivity index (χ3n) is 2.78. The first-order chi connectivity index (χ1) is 7.56. The lowest BCUT2D eigenvalue weighted by Crippen LogP contribution is -2.20. The van der Waals surface area contributed by atoms with Gasteiger partial charge in [0.2, 0.25) is 0 Å². The van der Waals surface area contributed by atoms with Gasteiger partial charge in [0.05, 0.1) is 17.1 Å². The van der Waals surface area contributed by atoms with Crippen LogP contribution in [0.1, 0.15) is 13.3 Å². The molecule has 16 heavy (non-hydrogen) atoms. The molecular weight excluding hydrogens is 208 g/mol. The van der Waals surface area contributed by atoms with E-state index in [4.69, 9.17) is 5.73 Å². The molecule has 6 heteroatoms. The lowest BCUT2D eigenvalue weighted by Gasteiger charge is -2.16. The van der Waals surface area contributed by atoms with Crippen LogP contribution in [0.3, 0.4) is 0 Å². The molecule has 1 aliphatic rings. The van der Waals surface area contributed by atoms with E-state index in [9.17, 15) is 10.1 Å². The molecule has 0 saturated carbocycles. The van der Waals surface area contributed by atoms with Gasteiger partial charge in [0.25, 0.3) is 5.69 Å². The lowest BCUT2D eigenvalue weighted by atomic mass is 10.2. The molecule has 0 aromatic carbocycles. The first-order valence-corrected chi connectivity index (χ1v) is 5.23. The maximum atomic E-state index is 10.7. The molecule has 0 aliphatic carbocycles. The van der Waals surface area contributed by atoms with Crippen LogP contribution in [0.15, 0.2) is 12.1 Å². The minimum atomic E-state index is -0.443. The molecule has 1 atom stereocenters. The van der Waals surface area contributed by atoms with Crippen molar-refractivity contribution in [1.29, 1.82) is 0 Å². The smallest absolute Gasteiger partial charge is 0.276 e. The van der Waals surface area contributed by atoms with E-state index in [1.54, 1.807) is 0 Å². The average molecular weight is 222 g/mol. The summed E-state index contributed by atoms with van der Waals surface area (Å²) in [7, 11) is 0. The van der Waals surface area contributed by atoms with Crippen molar-refractivity contribution < 1.29 is 4.92 Å². The van der Waals surface area contributed by atoms with Crippen LogP contribution >= 0.6 is 0 Å². The van der Waals surface area contributed by atoms with Gasteiger partial charge in [-0.3, -0.25) is 10.1 Å². The van der Waals surface area contributed by atoms with Gasteiger partial charge in [-0.05, 0) is 12.3 Å². The highest BCUT2D eigenvalue weighted by Gasteiger charge is 2.22. The molecular formula is C10H14N4O2. The van der Waals surface area contributed by atoms with E-state index in [1.165, 1.54) is 12.1 Å². The van der Waals surface area contributed by atoms with Crippen LogP contribution < -0.4 is 10.6 Å². The second-order valence-electron chi connectivity index (χ2n) is 4.21. The van der Waals surface area contributed by atoms with E-state index in [-0.39, 0.29) is 11.5 Å². The Morgan fingerprint density at radius 3 is 2.94 bits per heavy atom. The molecule has 1 aromatic rings. The summed E-state index contributed by atoms with van der Waals surface area (Å²) in [6, 6.07) is 2.76. The molecule has 2 rings (SSSR count). The molecule has 1 unspecified atom stereocenters. The van der Waals surface area contributed by atoms with Gasteiger partial charge in [-0.25, -0.2) is 4.98 Å². The number of nitro groups is 1. The zero-order valence-corrected chi connectivity index (χ0v) is 9.09. The van der Waals surface area contributed by atoms with Gasteiger partial charge in [0.1, 0.15) is 11.6 Å². The highest BCUT2D eigenvalue weighted by molar-refractivity contribution is 5.54. The molecule has 2 N–H and O–H groups in total. The van der Waals surface area contributed by atoms with E-state index in [0.717, 1.165) is 19.5 Å². The summed E-state index contributed by atoms with van der Waals surface area (Å²) in [6.07, 6.45) is 1.09. The van der Waals surface area contributed by atoms with Crippen molar-refractivity contribution in [2.45, 2.75) is 13.3 Å². The SMILES string of the molecule is CC1CCN(c2cc([N+](=O)[O-])cc(N)n2)C1. The third-order valence-corrected chi connectivity index (χ3v) is 2.78. The Balaban J connectivity index is 2.30. The monoisotopic (exact) mass is 222 g/mol. The summed E-state index contributed by atoms with van der Waals surface area (Å²) in [5.41, 5.74) is 5.56. The van der Waals surface area contributed by atoms with Crippen molar-refractivity contribution in [3.8, 4) is 0 Å². The van der Waals surface area contributed by atoms with Crippen molar-refractivity contribution in [2.75, 3.05) is 23.7 Å². The van der Waals surface area contributed by atoms with Crippen LogP contribution in [0.4, 0.5) is 17.3 Å². The van der Waals surface area contributed by atoms with Crippen molar-refractivity contribution in [3.63, 3.8) is 0 Å². The number of rotatable bonds is 2.